The molecule has 0 N–H and O–H groups in total. The number of hydrogen-bond donors (Lipinski definition) is 0. The normalized spacial score (nSPS) is 10.8. The second-order valence-corrected chi connectivity index (χ2v) is 5.44. The molecule has 0 atom stereocenters. The molecule has 3 rings (SSSR count). The van der Waals surface area contributed by atoms with Crippen LogP contribution in [0.4, 0.5) is 0 Å². The van der Waals surface area contributed by atoms with Crippen molar-refractivity contribution in [2.75, 3.05) is 6.26 Å². The Bertz CT molecular complexity index is 706. The lowest BCUT2D eigenvalue weighted by Crippen LogP contribution is -1.89. The van der Waals surface area contributed by atoms with E-state index in [0.29, 0.717) is 0 Å². The van der Waals surface area contributed by atoms with E-state index in [1.807, 2.05) is 12.3 Å². The molecular weight excluding hydrogens is 250 g/mol. The average Bonchev–Trinajstić information content (AvgIpc) is 2.47. The molecule has 19 heavy (non-hydrogen) atoms. The number of nitrogens with zero attached hydrogens (tertiary/aromatic N) is 1. The van der Waals surface area contributed by atoms with E-state index in [4.69, 9.17) is 0 Å². The van der Waals surface area contributed by atoms with Gasteiger partial charge in [-0.25, -0.2) is 0 Å². The summed E-state index contributed by atoms with van der Waals surface area (Å²) in [5.41, 5.74) is 3.75. The first-order valence-corrected chi connectivity index (χ1v) is 7.54. The Balaban J connectivity index is 1.92. The average molecular weight is 265 g/mol. The van der Waals surface area contributed by atoms with Gasteiger partial charge in [-0.3, -0.25) is 4.98 Å². The Hall–Kier alpha value is -1.80. The van der Waals surface area contributed by atoms with Crippen molar-refractivity contribution in [1.82, 2.24) is 4.98 Å². The summed E-state index contributed by atoms with van der Waals surface area (Å²) >= 11 is 1.79. The molecule has 2 aromatic carbocycles. The van der Waals surface area contributed by atoms with Crippen molar-refractivity contribution in [3.05, 3.63) is 71.9 Å². The summed E-state index contributed by atoms with van der Waals surface area (Å²) in [7, 11) is 0. The third-order valence-corrected chi connectivity index (χ3v) is 3.94. The van der Waals surface area contributed by atoms with Gasteiger partial charge in [-0.2, -0.15) is 0 Å². The van der Waals surface area contributed by atoms with Crippen molar-refractivity contribution in [1.29, 1.82) is 0 Å². The SMILES string of the molecule is CSc1cccc(Cc2ccc3ncccc3c2)c1. The molecule has 2 heteroatoms. The molecule has 0 fully saturated rings. The highest BCUT2D eigenvalue weighted by molar-refractivity contribution is 7.98. The molecule has 1 heterocycles. The van der Waals surface area contributed by atoms with Crippen LogP contribution in [0.1, 0.15) is 11.1 Å². The topological polar surface area (TPSA) is 12.9 Å². The minimum absolute atomic E-state index is 0.971. The lowest BCUT2D eigenvalue weighted by atomic mass is 10.0. The van der Waals surface area contributed by atoms with Gasteiger partial charge in [0.25, 0.3) is 0 Å². The van der Waals surface area contributed by atoms with Crippen LogP contribution in [-0.4, -0.2) is 11.2 Å². The lowest BCUT2D eigenvalue weighted by molar-refractivity contribution is 1.18. The van der Waals surface area contributed by atoms with Gasteiger partial charge in [-0.05, 0) is 54.1 Å². The Morgan fingerprint density at radius 1 is 0.947 bits per heavy atom. The molecule has 0 amide bonds. The minimum Gasteiger partial charge on any atom is -0.256 e. The predicted octanol–water partition coefficient (Wildman–Crippen LogP) is 4.55. The number of rotatable bonds is 3. The van der Waals surface area contributed by atoms with Gasteiger partial charge in [-0.1, -0.05) is 24.3 Å². The second-order valence-electron chi connectivity index (χ2n) is 4.56. The van der Waals surface area contributed by atoms with E-state index in [-0.39, 0.29) is 0 Å². The molecule has 0 saturated heterocycles. The zero-order valence-corrected chi connectivity index (χ0v) is 11.7. The number of benzene rings is 2. The van der Waals surface area contributed by atoms with Gasteiger partial charge >= 0.3 is 0 Å². The quantitative estimate of drug-likeness (QED) is 0.644. The largest absolute Gasteiger partial charge is 0.256 e. The molecule has 0 aliphatic carbocycles. The van der Waals surface area contributed by atoms with E-state index in [0.717, 1.165) is 11.9 Å². The molecule has 0 spiro atoms. The van der Waals surface area contributed by atoms with Crippen LogP contribution in [-0.2, 0) is 6.42 Å². The fourth-order valence-corrected chi connectivity index (χ4v) is 2.74. The van der Waals surface area contributed by atoms with Gasteiger partial charge in [0.15, 0.2) is 0 Å². The molecule has 3 aromatic rings. The summed E-state index contributed by atoms with van der Waals surface area (Å²) in [5.74, 6) is 0. The fourth-order valence-electron chi connectivity index (χ4n) is 2.25. The van der Waals surface area contributed by atoms with E-state index in [9.17, 15) is 0 Å². The highest BCUT2D eigenvalue weighted by atomic mass is 32.2. The van der Waals surface area contributed by atoms with Crippen molar-refractivity contribution in [3.8, 4) is 0 Å². The molecule has 0 unspecified atom stereocenters. The van der Waals surface area contributed by atoms with Gasteiger partial charge < -0.3 is 0 Å². The molecule has 0 saturated carbocycles. The first kappa shape index (κ1) is 12.2. The van der Waals surface area contributed by atoms with Crippen LogP contribution in [0.3, 0.4) is 0 Å². The lowest BCUT2D eigenvalue weighted by Gasteiger charge is -2.05. The van der Waals surface area contributed by atoms with Crippen LogP contribution in [0.5, 0.6) is 0 Å². The third kappa shape index (κ3) is 2.79. The molecule has 0 bridgehead atoms. The van der Waals surface area contributed by atoms with Gasteiger partial charge in [-0.15, -0.1) is 11.8 Å². The highest BCUT2D eigenvalue weighted by Gasteiger charge is 2.00. The van der Waals surface area contributed by atoms with E-state index >= 15 is 0 Å². The van der Waals surface area contributed by atoms with Crippen LogP contribution in [0.15, 0.2) is 65.7 Å². The van der Waals surface area contributed by atoms with E-state index < -0.39 is 0 Å². The summed E-state index contributed by atoms with van der Waals surface area (Å²) in [6.07, 6.45) is 4.92. The van der Waals surface area contributed by atoms with Crippen molar-refractivity contribution in [2.45, 2.75) is 11.3 Å². The van der Waals surface area contributed by atoms with E-state index in [1.54, 1.807) is 11.8 Å². The monoisotopic (exact) mass is 265 g/mol. The number of thioether (sulfide) groups is 1. The molecule has 0 aliphatic rings. The molecule has 1 nitrogen and oxygen atoms in total. The zero-order valence-electron chi connectivity index (χ0n) is 10.8. The molecule has 0 radical (unpaired) electrons. The maximum Gasteiger partial charge on any atom is 0.0702 e. The van der Waals surface area contributed by atoms with Crippen LogP contribution in [0.25, 0.3) is 10.9 Å². The van der Waals surface area contributed by atoms with E-state index in [1.165, 1.54) is 21.4 Å². The van der Waals surface area contributed by atoms with E-state index in [2.05, 4.69) is 59.8 Å². The van der Waals surface area contributed by atoms with Crippen molar-refractivity contribution in [3.63, 3.8) is 0 Å². The van der Waals surface area contributed by atoms with Gasteiger partial charge in [0.1, 0.15) is 0 Å². The standard InChI is InChI=1S/C17H15NS/c1-19-16-6-2-4-13(12-16)10-14-7-8-17-15(11-14)5-3-9-18-17/h2-9,11-12H,10H2,1H3. The Labute approximate surface area is 117 Å². The molecule has 1 aromatic heterocycles. The molecule has 94 valence electrons. The van der Waals surface area contributed by atoms with Crippen molar-refractivity contribution >= 4 is 22.7 Å². The first-order valence-electron chi connectivity index (χ1n) is 6.32. The number of fused-ring (bicyclic) bond motifs is 1. The van der Waals surface area contributed by atoms with Gasteiger partial charge in [0, 0.05) is 16.5 Å². The van der Waals surface area contributed by atoms with Crippen LogP contribution in [0.2, 0.25) is 0 Å². The maximum atomic E-state index is 4.35. The summed E-state index contributed by atoms with van der Waals surface area (Å²) in [4.78, 5) is 5.67. The fraction of sp³-hybridized carbons (Fsp3) is 0.118. The minimum atomic E-state index is 0.971. The van der Waals surface area contributed by atoms with Crippen LogP contribution < -0.4 is 0 Å². The van der Waals surface area contributed by atoms with Crippen LogP contribution in [0, 0.1) is 0 Å². The Morgan fingerprint density at radius 3 is 2.74 bits per heavy atom. The Morgan fingerprint density at radius 2 is 1.84 bits per heavy atom. The summed E-state index contributed by atoms with van der Waals surface area (Å²) in [6.45, 7) is 0. The molecule has 0 aliphatic heterocycles. The summed E-state index contributed by atoms with van der Waals surface area (Å²) < 4.78 is 0. The first-order chi connectivity index (χ1) is 9.35. The Kier molecular flexibility index (Phi) is 3.51. The van der Waals surface area contributed by atoms with Crippen molar-refractivity contribution in [2.24, 2.45) is 0 Å². The smallest absolute Gasteiger partial charge is 0.0702 e. The second kappa shape index (κ2) is 5.45. The maximum absolute atomic E-state index is 4.35. The number of aromatic nitrogens is 1. The van der Waals surface area contributed by atoms with Gasteiger partial charge in [0.05, 0.1) is 5.52 Å². The molecular formula is C17H15NS. The summed E-state index contributed by atoms with van der Waals surface area (Å²) in [6, 6.07) is 19.3. The zero-order chi connectivity index (χ0) is 13.1. The third-order valence-electron chi connectivity index (χ3n) is 3.21. The van der Waals surface area contributed by atoms with Gasteiger partial charge in [0.2, 0.25) is 0 Å². The predicted molar refractivity (Wildman–Crippen MR) is 82.8 cm³/mol. The van der Waals surface area contributed by atoms with Crippen LogP contribution >= 0.6 is 11.8 Å². The summed E-state index contributed by atoms with van der Waals surface area (Å²) in [5, 5.41) is 1.21. The number of pyridine rings is 1. The van der Waals surface area contributed by atoms with Crippen molar-refractivity contribution < 1.29 is 0 Å². The highest BCUT2D eigenvalue weighted by Crippen LogP contribution is 2.20. The number of hydrogen-bond acceptors (Lipinski definition) is 2.